The van der Waals surface area contributed by atoms with Gasteiger partial charge in [0.15, 0.2) is 18.2 Å². The number of carbonyl (C=O) groups is 2. The average molecular weight is 496 g/mol. The quantitative estimate of drug-likeness (QED) is 0.412. The maximum atomic E-state index is 14.7. The number of ether oxygens (including phenoxy) is 2. The second-order valence-corrected chi connectivity index (χ2v) is 8.62. The Kier molecular flexibility index (Phi) is 6.29. The highest BCUT2D eigenvalue weighted by Crippen LogP contribution is 2.30. The number of benzene rings is 1. The summed E-state index contributed by atoms with van der Waals surface area (Å²) in [5.74, 6) is 0.298. The molecule has 0 bridgehead atoms. The van der Waals surface area contributed by atoms with Gasteiger partial charge in [-0.1, -0.05) is 0 Å². The molecule has 5 rings (SSSR count). The Morgan fingerprint density at radius 3 is 2.89 bits per heavy atom. The number of hydrogen-bond donors (Lipinski definition) is 3. The van der Waals surface area contributed by atoms with Crippen LogP contribution in [-0.4, -0.2) is 53.9 Å². The minimum absolute atomic E-state index is 0.0826. The minimum atomic E-state index is -0.554. The monoisotopic (exact) mass is 496 g/mol. The molecule has 1 saturated heterocycles. The fourth-order valence-electron chi connectivity index (χ4n) is 4.49. The van der Waals surface area contributed by atoms with E-state index in [1.807, 2.05) is 0 Å². The second-order valence-electron chi connectivity index (χ2n) is 8.62. The number of nitrogens with one attached hydrogen (secondary N) is 2. The summed E-state index contributed by atoms with van der Waals surface area (Å²) >= 11 is 0. The van der Waals surface area contributed by atoms with E-state index in [0.717, 1.165) is 5.39 Å². The van der Waals surface area contributed by atoms with E-state index in [4.69, 9.17) is 15.2 Å². The number of halogens is 1. The Morgan fingerprint density at radius 2 is 2.08 bits per heavy atom. The summed E-state index contributed by atoms with van der Waals surface area (Å²) in [7, 11) is 1.61. The lowest BCUT2D eigenvalue weighted by molar-refractivity contribution is -0.118. The summed E-state index contributed by atoms with van der Waals surface area (Å²) in [6.07, 6.45) is -0.686. The number of cyclic esters (lactones) is 1. The van der Waals surface area contributed by atoms with Crippen LogP contribution < -0.4 is 31.6 Å². The molecule has 1 atom stereocenters. The van der Waals surface area contributed by atoms with E-state index in [1.165, 1.54) is 21.6 Å². The molecule has 0 spiro atoms. The van der Waals surface area contributed by atoms with Crippen LogP contribution in [0.5, 0.6) is 5.75 Å². The molecule has 0 saturated carbocycles. The van der Waals surface area contributed by atoms with Gasteiger partial charge in [0.2, 0.25) is 0 Å². The highest BCUT2D eigenvalue weighted by molar-refractivity contribution is 5.95. The van der Waals surface area contributed by atoms with Gasteiger partial charge in [-0.25, -0.2) is 14.2 Å². The summed E-state index contributed by atoms with van der Waals surface area (Å²) in [5.41, 5.74) is 7.16. The zero-order valence-corrected chi connectivity index (χ0v) is 19.5. The van der Waals surface area contributed by atoms with Gasteiger partial charge in [-0.15, -0.1) is 0 Å². The van der Waals surface area contributed by atoms with E-state index in [1.54, 1.807) is 25.2 Å². The topological polar surface area (TPSA) is 141 Å². The molecule has 0 radical (unpaired) electrons. The lowest BCUT2D eigenvalue weighted by Crippen LogP contribution is -2.32. The molecular formula is C24H25FN6O5. The van der Waals surface area contributed by atoms with E-state index in [-0.39, 0.29) is 37.0 Å². The van der Waals surface area contributed by atoms with Crippen molar-refractivity contribution < 1.29 is 23.5 Å². The first kappa shape index (κ1) is 23.7. The van der Waals surface area contributed by atoms with E-state index < -0.39 is 18.0 Å². The fraction of sp³-hybridized carbons (Fsp3) is 0.333. The lowest BCUT2D eigenvalue weighted by Gasteiger charge is -2.19. The van der Waals surface area contributed by atoms with Crippen molar-refractivity contribution in [1.82, 2.24) is 14.9 Å². The van der Waals surface area contributed by atoms with E-state index >= 15 is 0 Å². The maximum Gasteiger partial charge on any atom is 0.416 e. The second kappa shape index (κ2) is 9.55. The van der Waals surface area contributed by atoms with Gasteiger partial charge in [-0.3, -0.25) is 14.5 Å². The van der Waals surface area contributed by atoms with Crippen molar-refractivity contribution >= 4 is 34.5 Å². The fourth-order valence-corrected chi connectivity index (χ4v) is 4.49. The molecule has 188 valence electrons. The number of fused-ring (bicyclic) bond motifs is 2. The van der Waals surface area contributed by atoms with Gasteiger partial charge in [0, 0.05) is 37.2 Å². The molecule has 2 aliphatic rings. The number of nitrogens with two attached hydrogens (primary N) is 1. The van der Waals surface area contributed by atoms with Crippen LogP contribution in [0.25, 0.3) is 10.9 Å². The van der Waals surface area contributed by atoms with E-state index in [9.17, 15) is 18.8 Å². The number of nitrogens with zero attached hydrogens (tertiary/aromatic N) is 3. The number of hydrogen-bond acceptors (Lipinski definition) is 8. The Bertz CT molecular complexity index is 1420. The summed E-state index contributed by atoms with van der Waals surface area (Å²) in [5, 5.41) is 6.56. The molecule has 1 aromatic carbocycles. The first-order chi connectivity index (χ1) is 17.4. The third kappa shape index (κ3) is 4.36. The number of pyridine rings is 2. The van der Waals surface area contributed by atoms with Crippen molar-refractivity contribution in [2.24, 2.45) is 12.8 Å². The Hall–Kier alpha value is -4.03. The smallest absolute Gasteiger partial charge is 0.416 e. The molecule has 2 aliphatic heterocycles. The zero-order valence-electron chi connectivity index (χ0n) is 19.5. The molecule has 11 nitrogen and oxygen atoms in total. The van der Waals surface area contributed by atoms with Crippen molar-refractivity contribution in [3.05, 3.63) is 57.6 Å². The summed E-state index contributed by atoms with van der Waals surface area (Å²) in [4.78, 5) is 42.0. The molecule has 1 fully saturated rings. The predicted octanol–water partition coefficient (Wildman–Crippen LogP) is 1.02. The molecule has 36 heavy (non-hydrogen) atoms. The third-order valence-electron chi connectivity index (χ3n) is 6.29. The minimum Gasteiger partial charge on any atom is -0.480 e. The number of aromatic nitrogens is 2. The number of aryl methyl sites for hydroxylation is 1. The normalized spacial score (nSPS) is 17.1. The van der Waals surface area contributed by atoms with E-state index in [2.05, 4.69) is 15.6 Å². The van der Waals surface area contributed by atoms with Crippen LogP contribution in [-0.2, 0) is 29.5 Å². The molecule has 4 heterocycles. The van der Waals surface area contributed by atoms with Crippen LogP contribution in [0.15, 0.2) is 35.1 Å². The highest BCUT2D eigenvalue weighted by Gasteiger charge is 2.33. The van der Waals surface area contributed by atoms with Crippen LogP contribution in [0.2, 0.25) is 0 Å². The highest BCUT2D eigenvalue weighted by atomic mass is 19.1. The van der Waals surface area contributed by atoms with Gasteiger partial charge >= 0.3 is 6.09 Å². The molecule has 4 N–H and O–H groups in total. The molecule has 3 aromatic rings. The van der Waals surface area contributed by atoms with Crippen LogP contribution in [0.4, 0.5) is 20.8 Å². The molecule has 0 unspecified atom stereocenters. The number of amides is 2. The zero-order chi connectivity index (χ0) is 25.4. The Labute approximate surface area is 205 Å². The van der Waals surface area contributed by atoms with Gasteiger partial charge in [0.05, 0.1) is 12.1 Å². The first-order valence-electron chi connectivity index (χ1n) is 11.5. The molecular weight excluding hydrogens is 471 g/mol. The summed E-state index contributed by atoms with van der Waals surface area (Å²) in [6, 6.07) is 7.76. The van der Waals surface area contributed by atoms with E-state index in [0.29, 0.717) is 47.7 Å². The van der Waals surface area contributed by atoms with Gasteiger partial charge in [0.25, 0.3) is 11.5 Å². The van der Waals surface area contributed by atoms with Crippen LogP contribution in [0.3, 0.4) is 0 Å². The molecule has 2 aromatic heterocycles. The number of carbonyl (C=O) groups excluding carboxylic acids is 2. The van der Waals surface area contributed by atoms with Gasteiger partial charge in [-0.05, 0) is 42.8 Å². The molecule has 0 aliphatic carbocycles. The van der Waals surface area contributed by atoms with Crippen molar-refractivity contribution in [2.45, 2.75) is 19.1 Å². The largest absolute Gasteiger partial charge is 0.480 e. The van der Waals surface area contributed by atoms with Crippen LogP contribution in [0.1, 0.15) is 11.1 Å². The van der Waals surface area contributed by atoms with Crippen molar-refractivity contribution in [2.75, 3.05) is 36.5 Å². The predicted molar refractivity (Wildman–Crippen MR) is 130 cm³/mol. The summed E-state index contributed by atoms with van der Waals surface area (Å²) in [6.45, 7) is 1.08. The van der Waals surface area contributed by atoms with Crippen molar-refractivity contribution in [3.8, 4) is 5.75 Å². The number of rotatable bonds is 7. The SMILES string of the molecule is Cn1c(=O)cc(CN)c2ccc(F)c(CCNC[C@H]3CN(c4ccc5c(n4)NC(=O)CO5)C(=O)O3)c21. The van der Waals surface area contributed by atoms with Gasteiger partial charge in [-0.2, -0.15) is 0 Å². The van der Waals surface area contributed by atoms with Crippen LogP contribution >= 0.6 is 0 Å². The Morgan fingerprint density at radius 1 is 1.25 bits per heavy atom. The summed E-state index contributed by atoms with van der Waals surface area (Å²) < 4.78 is 26.9. The lowest BCUT2D eigenvalue weighted by atomic mass is 10.0. The van der Waals surface area contributed by atoms with Gasteiger partial charge < -0.3 is 30.4 Å². The molecule has 2 amide bonds. The average Bonchev–Trinajstić information content (AvgIpc) is 3.24. The number of anilines is 2. The standard InChI is InChI=1S/C24H25FN6O5/c1-30-21(33)8-13(9-26)15-2-3-17(25)16(22(15)30)6-7-27-10-14-11-31(24(34)36-14)19-5-4-18-23(28-19)29-20(32)12-35-18/h2-5,8,14,27H,6-7,9-12,26H2,1H3,(H,28,29,32)/t14-/m0/s1. The van der Waals surface area contributed by atoms with Crippen molar-refractivity contribution in [3.63, 3.8) is 0 Å². The van der Waals surface area contributed by atoms with Crippen molar-refractivity contribution in [1.29, 1.82) is 0 Å². The maximum absolute atomic E-state index is 14.7. The Balaban J connectivity index is 1.23. The first-order valence-corrected chi connectivity index (χ1v) is 11.5. The third-order valence-corrected chi connectivity index (χ3v) is 6.29. The van der Waals surface area contributed by atoms with Gasteiger partial charge in [0.1, 0.15) is 17.7 Å². The van der Waals surface area contributed by atoms with Crippen LogP contribution in [0, 0.1) is 5.82 Å². The molecule has 12 heteroatoms.